The second kappa shape index (κ2) is 6.34. The average molecular weight is 261 g/mol. The van der Waals surface area contributed by atoms with Gasteiger partial charge in [0.25, 0.3) is 5.88 Å². The van der Waals surface area contributed by atoms with Crippen molar-refractivity contribution in [2.45, 2.75) is 12.8 Å². The number of anilines is 1. The number of aromatic nitrogens is 2. The van der Waals surface area contributed by atoms with Crippen LogP contribution >= 0.6 is 0 Å². The molecule has 6 nitrogen and oxygen atoms in total. The van der Waals surface area contributed by atoms with Gasteiger partial charge in [-0.2, -0.15) is 10.2 Å². The number of hydrogen-bond acceptors (Lipinski definition) is 6. The highest BCUT2D eigenvalue weighted by atomic mass is 16.5. The van der Waals surface area contributed by atoms with Crippen molar-refractivity contribution in [1.82, 2.24) is 14.9 Å². The highest BCUT2D eigenvalue weighted by Crippen LogP contribution is 2.21. The maximum Gasteiger partial charge on any atom is 0.258 e. The summed E-state index contributed by atoms with van der Waals surface area (Å²) >= 11 is 0. The Morgan fingerprint density at radius 2 is 2.26 bits per heavy atom. The van der Waals surface area contributed by atoms with Gasteiger partial charge in [-0.3, -0.25) is 0 Å². The summed E-state index contributed by atoms with van der Waals surface area (Å²) in [5.41, 5.74) is 0.265. The van der Waals surface area contributed by atoms with Crippen molar-refractivity contribution in [2.24, 2.45) is 5.92 Å². The normalized spacial score (nSPS) is 16.9. The monoisotopic (exact) mass is 261 g/mol. The molecule has 1 saturated heterocycles. The van der Waals surface area contributed by atoms with Crippen LogP contribution in [0.2, 0.25) is 0 Å². The van der Waals surface area contributed by atoms with Crippen LogP contribution in [0.25, 0.3) is 0 Å². The molecular formula is C13H19N5O. The molecule has 0 radical (unpaired) electrons. The first kappa shape index (κ1) is 13.6. The lowest BCUT2D eigenvalue weighted by Gasteiger charge is -2.29. The number of nitrogens with zero attached hydrogens (tertiary/aromatic N) is 4. The van der Waals surface area contributed by atoms with Crippen molar-refractivity contribution in [1.29, 1.82) is 5.26 Å². The van der Waals surface area contributed by atoms with Crippen molar-refractivity contribution >= 4 is 5.82 Å². The van der Waals surface area contributed by atoms with Crippen LogP contribution in [0.1, 0.15) is 18.5 Å². The molecular weight excluding hydrogens is 242 g/mol. The number of ether oxygens (including phenoxy) is 1. The van der Waals surface area contributed by atoms with E-state index >= 15 is 0 Å². The van der Waals surface area contributed by atoms with Crippen LogP contribution < -0.4 is 10.1 Å². The summed E-state index contributed by atoms with van der Waals surface area (Å²) in [6, 6.07) is 1.95. The van der Waals surface area contributed by atoms with Crippen molar-refractivity contribution in [3.63, 3.8) is 0 Å². The standard InChI is InChI=1S/C13H19N5O/c1-18-5-3-10(4-6-18)8-15-12-13(19-2)17-11(7-14)9-16-12/h9-10H,3-6,8H2,1-2H3,(H,15,16). The predicted molar refractivity (Wildman–Crippen MR) is 72.0 cm³/mol. The number of nitrogens with one attached hydrogen (secondary N) is 1. The molecule has 19 heavy (non-hydrogen) atoms. The van der Waals surface area contributed by atoms with Gasteiger partial charge in [0.1, 0.15) is 6.07 Å². The van der Waals surface area contributed by atoms with Gasteiger partial charge in [0.05, 0.1) is 13.3 Å². The van der Waals surface area contributed by atoms with Crippen molar-refractivity contribution in [3.8, 4) is 11.9 Å². The summed E-state index contributed by atoms with van der Waals surface area (Å²) in [6.07, 6.45) is 3.84. The number of piperidine rings is 1. The van der Waals surface area contributed by atoms with E-state index in [1.54, 1.807) is 0 Å². The molecule has 0 unspecified atom stereocenters. The molecule has 0 bridgehead atoms. The third kappa shape index (κ3) is 3.55. The van der Waals surface area contributed by atoms with Crippen molar-refractivity contribution in [3.05, 3.63) is 11.9 Å². The first-order valence-corrected chi connectivity index (χ1v) is 6.46. The Kier molecular flexibility index (Phi) is 4.53. The summed E-state index contributed by atoms with van der Waals surface area (Å²) in [4.78, 5) is 10.6. The topological polar surface area (TPSA) is 74.1 Å². The van der Waals surface area contributed by atoms with Crippen LogP contribution in [0, 0.1) is 17.2 Å². The Morgan fingerprint density at radius 1 is 1.53 bits per heavy atom. The Hall–Kier alpha value is -1.87. The molecule has 0 aromatic carbocycles. The van der Waals surface area contributed by atoms with Crippen LogP contribution in [-0.4, -0.2) is 48.7 Å². The molecule has 1 aliphatic heterocycles. The molecule has 1 aromatic rings. The fraction of sp³-hybridized carbons (Fsp3) is 0.615. The average Bonchev–Trinajstić information content (AvgIpc) is 2.46. The second-order valence-corrected chi connectivity index (χ2v) is 4.85. The first-order chi connectivity index (χ1) is 9.22. The molecule has 1 N–H and O–H groups in total. The van der Waals surface area contributed by atoms with Gasteiger partial charge in [-0.1, -0.05) is 0 Å². The molecule has 102 valence electrons. The molecule has 0 aliphatic carbocycles. The molecule has 0 spiro atoms. The van der Waals surface area contributed by atoms with Crippen LogP contribution in [0.5, 0.6) is 5.88 Å². The lowest BCUT2D eigenvalue weighted by molar-refractivity contribution is 0.226. The van der Waals surface area contributed by atoms with Crippen molar-refractivity contribution in [2.75, 3.05) is 39.1 Å². The lowest BCUT2D eigenvalue weighted by Crippen LogP contribution is -2.33. The molecule has 6 heteroatoms. The van der Waals surface area contributed by atoms with Crippen molar-refractivity contribution < 1.29 is 4.74 Å². The van der Waals surface area contributed by atoms with Gasteiger partial charge in [-0.15, -0.1) is 0 Å². The van der Waals surface area contributed by atoms with Gasteiger partial charge >= 0.3 is 0 Å². The predicted octanol–water partition coefficient (Wildman–Crippen LogP) is 1.11. The van der Waals surface area contributed by atoms with E-state index in [1.807, 2.05) is 6.07 Å². The molecule has 0 amide bonds. The minimum absolute atomic E-state index is 0.265. The van der Waals surface area contributed by atoms with E-state index < -0.39 is 0 Å². The fourth-order valence-electron chi connectivity index (χ4n) is 2.20. The van der Waals surface area contributed by atoms with E-state index in [1.165, 1.54) is 26.1 Å². The van der Waals surface area contributed by atoms with Crippen LogP contribution in [0.15, 0.2) is 6.20 Å². The second-order valence-electron chi connectivity index (χ2n) is 4.85. The Labute approximate surface area is 113 Å². The summed E-state index contributed by atoms with van der Waals surface area (Å²) in [7, 11) is 3.69. The maximum absolute atomic E-state index is 8.77. The van der Waals surface area contributed by atoms with E-state index in [0.29, 0.717) is 17.6 Å². The highest BCUT2D eigenvalue weighted by molar-refractivity contribution is 5.46. The highest BCUT2D eigenvalue weighted by Gasteiger charge is 2.17. The molecule has 2 heterocycles. The van der Waals surface area contributed by atoms with Gasteiger partial charge in [-0.25, -0.2) is 4.98 Å². The summed E-state index contributed by atoms with van der Waals surface area (Å²) < 4.78 is 5.15. The van der Waals surface area contributed by atoms with Gasteiger partial charge in [0.15, 0.2) is 11.5 Å². The Morgan fingerprint density at radius 3 is 2.89 bits per heavy atom. The third-order valence-electron chi connectivity index (χ3n) is 3.44. The summed E-state index contributed by atoms with van der Waals surface area (Å²) in [5, 5.41) is 12.0. The van der Waals surface area contributed by atoms with E-state index in [2.05, 4.69) is 27.2 Å². The number of hydrogen-bond donors (Lipinski definition) is 1. The fourth-order valence-corrected chi connectivity index (χ4v) is 2.20. The smallest absolute Gasteiger partial charge is 0.258 e. The number of methoxy groups -OCH3 is 1. The summed E-state index contributed by atoms with van der Waals surface area (Å²) in [6.45, 7) is 3.15. The van der Waals surface area contributed by atoms with E-state index in [4.69, 9.17) is 10.00 Å². The summed E-state index contributed by atoms with van der Waals surface area (Å²) in [5.74, 6) is 1.64. The first-order valence-electron chi connectivity index (χ1n) is 6.46. The van der Waals surface area contributed by atoms with E-state index in [-0.39, 0.29) is 5.69 Å². The molecule has 1 aromatic heterocycles. The molecule has 0 saturated carbocycles. The number of likely N-dealkylation sites (tertiary alicyclic amines) is 1. The zero-order chi connectivity index (χ0) is 13.7. The largest absolute Gasteiger partial charge is 0.478 e. The zero-order valence-corrected chi connectivity index (χ0v) is 11.4. The number of nitriles is 1. The molecule has 1 aliphatic rings. The molecule has 2 rings (SSSR count). The van der Waals surface area contributed by atoms with Gasteiger partial charge in [0.2, 0.25) is 0 Å². The zero-order valence-electron chi connectivity index (χ0n) is 11.4. The minimum atomic E-state index is 0.265. The van der Waals surface area contributed by atoms with Gasteiger partial charge < -0.3 is 15.0 Å². The quantitative estimate of drug-likeness (QED) is 0.875. The SMILES string of the molecule is COc1nc(C#N)cnc1NCC1CCN(C)CC1. The molecule has 1 fully saturated rings. The maximum atomic E-state index is 8.77. The van der Waals surface area contributed by atoms with Gasteiger partial charge in [0, 0.05) is 6.54 Å². The van der Waals surface area contributed by atoms with Crippen LogP contribution in [0.4, 0.5) is 5.82 Å². The van der Waals surface area contributed by atoms with E-state index in [9.17, 15) is 0 Å². The lowest BCUT2D eigenvalue weighted by atomic mass is 9.97. The van der Waals surface area contributed by atoms with Gasteiger partial charge in [-0.05, 0) is 38.9 Å². The van der Waals surface area contributed by atoms with E-state index in [0.717, 1.165) is 19.6 Å². The minimum Gasteiger partial charge on any atom is -0.478 e. The van der Waals surface area contributed by atoms with Crippen LogP contribution in [-0.2, 0) is 0 Å². The third-order valence-corrected chi connectivity index (χ3v) is 3.44. The van der Waals surface area contributed by atoms with Crippen LogP contribution in [0.3, 0.4) is 0 Å². The Balaban J connectivity index is 1.94. The Bertz CT molecular complexity index is 463. The number of rotatable bonds is 4. The molecule has 0 atom stereocenters.